The quantitative estimate of drug-likeness (QED) is 0.815. The average Bonchev–Trinajstić information content (AvgIpc) is 2.49. The molecule has 0 spiro atoms. The second-order valence-electron chi connectivity index (χ2n) is 4.84. The van der Waals surface area contributed by atoms with Gasteiger partial charge in [-0.1, -0.05) is 29.8 Å². The highest BCUT2D eigenvalue weighted by atomic mass is 35.5. The van der Waals surface area contributed by atoms with Crippen molar-refractivity contribution in [2.75, 3.05) is 11.9 Å². The summed E-state index contributed by atoms with van der Waals surface area (Å²) in [6.45, 7) is 0.667. The van der Waals surface area contributed by atoms with Crippen LogP contribution in [0.5, 0.6) is 5.75 Å². The van der Waals surface area contributed by atoms with Crippen molar-refractivity contribution < 1.29 is 4.74 Å². The fourth-order valence-corrected chi connectivity index (χ4v) is 2.80. The van der Waals surface area contributed by atoms with Gasteiger partial charge < -0.3 is 15.4 Å². The lowest BCUT2D eigenvalue weighted by atomic mass is 10.0. The zero-order chi connectivity index (χ0) is 14.7. The van der Waals surface area contributed by atoms with Gasteiger partial charge >= 0.3 is 0 Å². The van der Waals surface area contributed by atoms with Crippen molar-refractivity contribution in [2.45, 2.75) is 12.5 Å². The van der Waals surface area contributed by atoms with Crippen LogP contribution < -0.4 is 15.4 Å². The molecule has 1 atom stereocenters. The zero-order valence-electron chi connectivity index (χ0n) is 11.3. The predicted octanol–water partition coefficient (Wildman–Crippen LogP) is 4.15. The first kappa shape index (κ1) is 14.2. The van der Waals surface area contributed by atoms with Crippen molar-refractivity contribution in [1.29, 1.82) is 0 Å². The van der Waals surface area contributed by atoms with Gasteiger partial charge in [0.05, 0.1) is 12.6 Å². The standard InChI is InChI=1S/C16H15ClN2OS/c17-11-6-7-15-13(10-11)14(8-9-20-15)19-16(21)18-12-4-2-1-3-5-12/h1-7,10,14H,8-9H2,(H2,18,19,21). The van der Waals surface area contributed by atoms with Gasteiger partial charge in [0.2, 0.25) is 0 Å². The second kappa shape index (κ2) is 6.33. The van der Waals surface area contributed by atoms with Crippen LogP contribution in [0.15, 0.2) is 48.5 Å². The van der Waals surface area contributed by atoms with Crippen molar-refractivity contribution in [2.24, 2.45) is 0 Å². The molecule has 2 aromatic carbocycles. The van der Waals surface area contributed by atoms with Crippen LogP contribution in [0, 0.1) is 0 Å². The van der Waals surface area contributed by atoms with Gasteiger partial charge in [0.15, 0.2) is 5.11 Å². The van der Waals surface area contributed by atoms with Crippen molar-refractivity contribution >= 4 is 34.6 Å². The smallest absolute Gasteiger partial charge is 0.171 e. The topological polar surface area (TPSA) is 33.3 Å². The molecule has 0 amide bonds. The third-order valence-corrected chi connectivity index (χ3v) is 3.80. The third kappa shape index (κ3) is 3.46. The molecule has 0 saturated carbocycles. The van der Waals surface area contributed by atoms with Gasteiger partial charge in [-0.2, -0.15) is 0 Å². The minimum Gasteiger partial charge on any atom is -0.493 e. The van der Waals surface area contributed by atoms with Crippen LogP contribution in [0.25, 0.3) is 0 Å². The van der Waals surface area contributed by atoms with Gasteiger partial charge in [-0.3, -0.25) is 0 Å². The van der Waals surface area contributed by atoms with Crippen LogP contribution in [-0.2, 0) is 0 Å². The Morgan fingerprint density at radius 3 is 2.81 bits per heavy atom. The molecule has 2 N–H and O–H groups in total. The van der Waals surface area contributed by atoms with Crippen LogP contribution >= 0.6 is 23.8 Å². The maximum atomic E-state index is 6.08. The Kier molecular flexibility index (Phi) is 4.27. The number of ether oxygens (including phenoxy) is 1. The molecule has 21 heavy (non-hydrogen) atoms. The molecule has 0 bridgehead atoms. The van der Waals surface area contributed by atoms with E-state index in [1.165, 1.54) is 0 Å². The van der Waals surface area contributed by atoms with E-state index in [1.54, 1.807) is 0 Å². The van der Waals surface area contributed by atoms with Gasteiger partial charge in [-0.15, -0.1) is 0 Å². The molecule has 2 aromatic rings. The Labute approximate surface area is 134 Å². The summed E-state index contributed by atoms with van der Waals surface area (Å²) in [6.07, 6.45) is 0.851. The van der Waals surface area contributed by atoms with E-state index < -0.39 is 0 Å². The number of hydrogen-bond donors (Lipinski definition) is 2. The normalized spacial score (nSPS) is 16.5. The lowest BCUT2D eigenvalue weighted by Gasteiger charge is -2.28. The Morgan fingerprint density at radius 2 is 2.00 bits per heavy atom. The molecule has 108 valence electrons. The Morgan fingerprint density at radius 1 is 1.19 bits per heavy atom. The molecular formula is C16H15ClN2OS. The molecule has 0 aliphatic carbocycles. The summed E-state index contributed by atoms with van der Waals surface area (Å²) in [4.78, 5) is 0. The average molecular weight is 319 g/mol. The highest BCUT2D eigenvalue weighted by Crippen LogP contribution is 2.33. The number of rotatable bonds is 2. The lowest BCUT2D eigenvalue weighted by molar-refractivity contribution is 0.262. The zero-order valence-corrected chi connectivity index (χ0v) is 12.9. The number of halogens is 1. The summed E-state index contributed by atoms with van der Waals surface area (Å²) in [5.41, 5.74) is 2.01. The van der Waals surface area contributed by atoms with Crippen LogP contribution in [0.4, 0.5) is 5.69 Å². The molecule has 3 nitrogen and oxygen atoms in total. The Bertz CT molecular complexity index is 648. The van der Waals surface area contributed by atoms with E-state index in [9.17, 15) is 0 Å². The molecule has 5 heteroatoms. The largest absolute Gasteiger partial charge is 0.493 e. The number of nitrogens with one attached hydrogen (secondary N) is 2. The van der Waals surface area contributed by atoms with Crippen molar-refractivity contribution in [1.82, 2.24) is 5.32 Å². The lowest BCUT2D eigenvalue weighted by Crippen LogP contribution is -2.35. The molecule has 0 saturated heterocycles. The number of hydrogen-bond acceptors (Lipinski definition) is 2. The summed E-state index contributed by atoms with van der Waals surface area (Å²) in [5.74, 6) is 0.866. The maximum absolute atomic E-state index is 6.08. The summed E-state index contributed by atoms with van der Waals surface area (Å²) in [6, 6.07) is 15.6. The van der Waals surface area contributed by atoms with Gasteiger partial charge in [0.25, 0.3) is 0 Å². The molecule has 0 aromatic heterocycles. The van der Waals surface area contributed by atoms with Crippen LogP contribution in [0.2, 0.25) is 5.02 Å². The first-order chi connectivity index (χ1) is 10.2. The van der Waals surface area contributed by atoms with Crippen LogP contribution in [-0.4, -0.2) is 11.7 Å². The summed E-state index contributed by atoms with van der Waals surface area (Å²) < 4.78 is 5.65. The monoisotopic (exact) mass is 318 g/mol. The number of para-hydroxylation sites is 1. The van der Waals surface area contributed by atoms with Crippen LogP contribution in [0.1, 0.15) is 18.0 Å². The van der Waals surface area contributed by atoms with Crippen molar-refractivity contribution in [3.63, 3.8) is 0 Å². The third-order valence-electron chi connectivity index (χ3n) is 3.35. The molecule has 0 radical (unpaired) electrons. The van der Waals surface area contributed by atoms with E-state index in [-0.39, 0.29) is 6.04 Å². The maximum Gasteiger partial charge on any atom is 0.171 e. The minimum absolute atomic E-state index is 0.108. The summed E-state index contributed by atoms with van der Waals surface area (Å²) in [7, 11) is 0. The van der Waals surface area contributed by atoms with E-state index >= 15 is 0 Å². The van der Waals surface area contributed by atoms with Gasteiger partial charge in [0, 0.05) is 22.7 Å². The Hall–Kier alpha value is -1.78. The van der Waals surface area contributed by atoms with E-state index in [0.29, 0.717) is 16.7 Å². The molecule has 1 unspecified atom stereocenters. The number of fused-ring (bicyclic) bond motifs is 1. The fourth-order valence-electron chi connectivity index (χ4n) is 2.36. The van der Waals surface area contributed by atoms with Crippen molar-refractivity contribution in [3.8, 4) is 5.75 Å². The highest BCUT2D eigenvalue weighted by molar-refractivity contribution is 7.80. The second-order valence-corrected chi connectivity index (χ2v) is 5.68. The van der Waals surface area contributed by atoms with Gasteiger partial charge in [0.1, 0.15) is 5.75 Å². The Balaban J connectivity index is 1.71. The fraction of sp³-hybridized carbons (Fsp3) is 0.188. The molecule has 1 aliphatic heterocycles. The first-order valence-corrected chi connectivity index (χ1v) is 7.56. The van der Waals surface area contributed by atoms with E-state index in [2.05, 4.69) is 10.6 Å². The molecule has 1 heterocycles. The SMILES string of the molecule is S=C(Nc1ccccc1)NC1CCOc2ccc(Cl)cc21. The van der Waals surface area contributed by atoms with E-state index in [0.717, 1.165) is 23.4 Å². The van der Waals surface area contributed by atoms with Gasteiger partial charge in [-0.25, -0.2) is 0 Å². The number of benzene rings is 2. The van der Waals surface area contributed by atoms with E-state index in [4.69, 9.17) is 28.6 Å². The van der Waals surface area contributed by atoms with Crippen molar-refractivity contribution in [3.05, 3.63) is 59.1 Å². The van der Waals surface area contributed by atoms with Crippen LogP contribution in [0.3, 0.4) is 0 Å². The minimum atomic E-state index is 0.108. The molecular weight excluding hydrogens is 304 g/mol. The van der Waals surface area contributed by atoms with E-state index in [1.807, 2.05) is 48.5 Å². The summed E-state index contributed by atoms with van der Waals surface area (Å²) in [5, 5.41) is 7.81. The molecule has 0 fully saturated rings. The molecule has 3 rings (SSSR count). The summed E-state index contributed by atoms with van der Waals surface area (Å²) >= 11 is 11.5. The predicted molar refractivity (Wildman–Crippen MR) is 90.1 cm³/mol. The highest BCUT2D eigenvalue weighted by Gasteiger charge is 2.22. The first-order valence-electron chi connectivity index (χ1n) is 6.77. The van der Waals surface area contributed by atoms with Gasteiger partial charge in [-0.05, 0) is 42.5 Å². The number of thiocarbonyl (C=S) groups is 1. The molecule has 1 aliphatic rings. The number of anilines is 1.